The first-order chi connectivity index (χ1) is 9.03. The van der Waals surface area contributed by atoms with Gasteiger partial charge in [-0.25, -0.2) is 0 Å². The average molecular weight is 324 g/mol. The summed E-state index contributed by atoms with van der Waals surface area (Å²) >= 11 is 3.39. The van der Waals surface area contributed by atoms with Gasteiger partial charge in [0.2, 0.25) is 5.91 Å². The second-order valence-electron chi connectivity index (χ2n) is 5.33. The largest absolute Gasteiger partial charge is 0.481 e. The van der Waals surface area contributed by atoms with Gasteiger partial charge >= 0.3 is 5.97 Å². The van der Waals surface area contributed by atoms with Gasteiger partial charge in [0.1, 0.15) is 0 Å². The fourth-order valence-electron chi connectivity index (χ4n) is 2.62. The second kappa shape index (κ2) is 4.34. The van der Waals surface area contributed by atoms with Gasteiger partial charge in [-0.05, 0) is 30.5 Å². The number of hydrogen-bond donors (Lipinski definition) is 1. The summed E-state index contributed by atoms with van der Waals surface area (Å²) in [4.78, 5) is 24.9. The van der Waals surface area contributed by atoms with E-state index in [0.29, 0.717) is 13.1 Å². The van der Waals surface area contributed by atoms with Crippen LogP contribution in [0.4, 0.5) is 0 Å². The predicted molar refractivity (Wildman–Crippen MR) is 72.8 cm³/mol. The molecule has 1 heterocycles. The average Bonchev–Trinajstić information content (AvgIpc) is 3.08. The number of carboxylic acid groups (broad SMARTS) is 1. The monoisotopic (exact) mass is 323 g/mol. The Labute approximate surface area is 119 Å². The lowest BCUT2D eigenvalue weighted by atomic mass is 9.91. The van der Waals surface area contributed by atoms with Gasteiger partial charge in [-0.1, -0.05) is 28.1 Å². The topological polar surface area (TPSA) is 57.6 Å². The van der Waals surface area contributed by atoms with E-state index in [1.807, 2.05) is 24.3 Å². The summed E-state index contributed by atoms with van der Waals surface area (Å²) in [5.74, 6) is -1.10. The van der Waals surface area contributed by atoms with Crippen LogP contribution in [0.1, 0.15) is 18.4 Å². The van der Waals surface area contributed by atoms with Crippen LogP contribution in [-0.4, -0.2) is 35.0 Å². The Hall–Kier alpha value is -1.36. The number of aliphatic carboxylic acids is 1. The minimum absolute atomic E-state index is 0.0901. The third kappa shape index (κ3) is 2.06. The van der Waals surface area contributed by atoms with Crippen molar-refractivity contribution >= 4 is 27.8 Å². The molecule has 2 fully saturated rings. The molecule has 0 aromatic heterocycles. The number of amides is 1. The zero-order chi connectivity index (χ0) is 13.6. The summed E-state index contributed by atoms with van der Waals surface area (Å²) in [5.41, 5.74) is 0.656. The van der Waals surface area contributed by atoms with Crippen LogP contribution in [0.15, 0.2) is 28.7 Å². The van der Waals surface area contributed by atoms with E-state index >= 15 is 0 Å². The lowest BCUT2D eigenvalue weighted by molar-refractivity contribution is -0.153. The zero-order valence-electron chi connectivity index (χ0n) is 10.3. The zero-order valence-corrected chi connectivity index (χ0v) is 11.9. The molecule has 2 aliphatic rings. The van der Waals surface area contributed by atoms with Crippen LogP contribution < -0.4 is 0 Å². The fourth-order valence-corrected chi connectivity index (χ4v) is 2.89. The van der Waals surface area contributed by atoms with Gasteiger partial charge in [0.05, 0.1) is 11.3 Å². The number of carbonyl (C=O) groups excluding carboxylic acids is 1. The molecule has 4 nitrogen and oxygen atoms in total. The van der Waals surface area contributed by atoms with Crippen molar-refractivity contribution in [1.29, 1.82) is 0 Å². The van der Waals surface area contributed by atoms with Crippen LogP contribution in [0, 0.1) is 5.92 Å². The van der Waals surface area contributed by atoms with E-state index in [2.05, 4.69) is 15.9 Å². The standard InChI is InChI=1S/C14H14BrNO3/c15-11-3-1-10(2-4-11)14(5-6-14)13(19)16-7-9(8-16)12(17)18/h1-4,9H,5-8H2,(H,17,18). The van der Waals surface area contributed by atoms with Crippen molar-refractivity contribution in [1.82, 2.24) is 4.90 Å². The lowest BCUT2D eigenvalue weighted by Gasteiger charge is -2.39. The maximum absolute atomic E-state index is 12.5. The van der Waals surface area contributed by atoms with E-state index in [0.717, 1.165) is 22.9 Å². The van der Waals surface area contributed by atoms with Crippen LogP contribution in [0.25, 0.3) is 0 Å². The Bertz CT molecular complexity index is 530. The van der Waals surface area contributed by atoms with E-state index in [4.69, 9.17) is 5.11 Å². The number of rotatable bonds is 3. The number of carbonyl (C=O) groups is 2. The van der Waals surface area contributed by atoms with Crippen LogP contribution in [0.2, 0.25) is 0 Å². The third-order valence-electron chi connectivity index (χ3n) is 4.07. The molecule has 1 aliphatic carbocycles. The summed E-state index contributed by atoms with van der Waals surface area (Å²) in [6.45, 7) is 0.707. The Kier molecular flexibility index (Phi) is 2.89. The van der Waals surface area contributed by atoms with Gasteiger partial charge in [-0.15, -0.1) is 0 Å². The minimum atomic E-state index is -0.808. The molecule has 1 saturated carbocycles. The van der Waals surface area contributed by atoms with Crippen LogP contribution in [-0.2, 0) is 15.0 Å². The lowest BCUT2D eigenvalue weighted by Crippen LogP contribution is -2.55. The van der Waals surface area contributed by atoms with Crippen LogP contribution in [0.3, 0.4) is 0 Å². The molecule has 1 aliphatic heterocycles. The Morgan fingerprint density at radius 2 is 1.79 bits per heavy atom. The number of carboxylic acids is 1. The van der Waals surface area contributed by atoms with Crippen molar-refractivity contribution in [3.8, 4) is 0 Å². The van der Waals surface area contributed by atoms with E-state index in [-0.39, 0.29) is 17.2 Å². The summed E-state index contributed by atoms with van der Waals surface area (Å²) in [6.07, 6.45) is 1.73. The summed E-state index contributed by atoms with van der Waals surface area (Å²) < 4.78 is 0.995. The van der Waals surface area contributed by atoms with Crippen molar-refractivity contribution in [3.63, 3.8) is 0 Å². The van der Waals surface area contributed by atoms with Gasteiger partial charge in [-0.2, -0.15) is 0 Å². The normalized spacial score (nSPS) is 20.8. The molecule has 5 heteroatoms. The van der Waals surface area contributed by atoms with E-state index in [9.17, 15) is 9.59 Å². The molecule has 1 aromatic rings. The highest BCUT2D eigenvalue weighted by molar-refractivity contribution is 9.10. The molecular formula is C14H14BrNO3. The quantitative estimate of drug-likeness (QED) is 0.925. The smallest absolute Gasteiger partial charge is 0.310 e. The summed E-state index contributed by atoms with van der Waals surface area (Å²) in [7, 11) is 0. The first-order valence-corrected chi connectivity index (χ1v) is 7.10. The van der Waals surface area contributed by atoms with Crippen molar-refractivity contribution in [2.45, 2.75) is 18.3 Å². The molecule has 19 heavy (non-hydrogen) atoms. The first kappa shape index (κ1) is 12.7. The minimum Gasteiger partial charge on any atom is -0.481 e. The molecule has 0 spiro atoms. The SMILES string of the molecule is O=C(O)C1CN(C(=O)C2(c3ccc(Br)cc3)CC2)C1. The summed E-state index contributed by atoms with van der Waals surface area (Å²) in [6, 6.07) is 7.84. The highest BCUT2D eigenvalue weighted by Gasteiger charge is 2.55. The maximum atomic E-state index is 12.5. The molecule has 100 valence electrons. The van der Waals surface area contributed by atoms with Crippen LogP contribution in [0.5, 0.6) is 0 Å². The maximum Gasteiger partial charge on any atom is 0.310 e. The predicted octanol–water partition coefficient (Wildman–Crippen LogP) is 2.02. The van der Waals surface area contributed by atoms with Gasteiger partial charge in [-0.3, -0.25) is 9.59 Å². The molecule has 0 atom stereocenters. The van der Waals surface area contributed by atoms with Gasteiger partial charge in [0.25, 0.3) is 0 Å². The third-order valence-corrected chi connectivity index (χ3v) is 4.60. The molecule has 1 aromatic carbocycles. The molecule has 3 rings (SSSR count). The molecule has 0 bridgehead atoms. The first-order valence-electron chi connectivity index (χ1n) is 6.31. The van der Waals surface area contributed by atoms with Crippen LogP contribution >= 0.6 is 15.9 Å². The molecular weight excluding hydrogens is 310 g/mol. The van der Waals surface area contributed by atoms with Gasteiger partial charge in [0, 0.05) is 17.6 Å². The van der Waals surface area contributed by atoms with Gasteiger partial charge in [0.15, 0.2) is 0 Å². The van der Waals surface area contributed by atoms with E-state index in [1.165, 1.54) is 0 Å². The highest BCUT2D eigenvalue weighted by Crippen LogP contribution is 2.50. The van der Waals surface area contributed by atoms with E-state index < -0.39 is 5.97 Å². The summed E-state index contributed by atoms with van der Waals surface area (Å²) in [5, 5.41) is 8.86. The second-order valence-corrected chi connectivity index (χ2v) is 6.25. The molecule has 1 saturated heterocycles. The molecule has 0 unspecified atom stereocenters. The number of hydrogen-bond acceptors (Lipinski definition) is 2. The molecule has 1 N–H and O–H groups in total. The number of benzene rings is 1. The van der Waals surface area contributed by atoms with Crippen molar-refractivity contribution < 1.29 is 14.7 Å². The Balaban J connectivity index is 1.74. The van der Waals surface area contributed by atoms with E-state index in [1.54, 1.807) is 4.90 Å². The highest BCUT2D eigenvalue weighted by atomic mass is 79.9. The van der Waals surface area contributed by atoms with Crippen molar-refractivity contribution in [3.05, 3.63) is 34.3 Å². The van der Waals surface area contributed by atoms with Gasteiger partial charge < -0.3 is 10.0 Å². The number of halogens is 1. The molecule has 0 radical (unpaired) electrons. The number of nitrogens with zero attached hydrogens (tertiary/aromatic N) is 1. The fraction of sp³-hybridized carbons (Fsp3) is 0.429. The molecule has 1 amide bonds. The Morgan fingerprint density at radius 1 is 1.21 bits per heavy atom. The Morgan fingerprint density at radius 3 is 2.26 bits per heavy atom. The van der Waals surface area contributed by atoms with Crippen molar-refractivity contribution in [2.24, 2.45) is 5.92 Å². The number of likely N-dealkylation sites (tertiary alicyclic amines) is 1. The van der Waals surface area contributed by atoms with Crippen molar-refractivity contribution in [2.75, 3.05) is 13.1 Å².